The van der Waals surface area contributed by atoms with Crippen molar-refractivity contribution in [3.05, 3.63) is 24.0 Å². The van der Waals surface area contributed by atoms with E-state index in [1.54, 1.807) is 6.07 Å². The Morgan fingerprint density at radius 1 is 1.33 bits per heavy atom. The molecule has 4 rings (SSSR count). The predicted molar refractivity (Wildman–Crippen MR) is 93.1 cm³/mol. The Kier molecular flexibility index (Phi) is 5.02. The monoisotopic (exact) mass is 354 g/mol. The number of piperidine rings is 1. The van der Waals surface area contributed by atoms with Gasteiger partial charge in [0.2, 0.25) is 5.91 Å². The summed E-state index contributed by atoms with van der Waals surface area (Å²) in [5.41, 5.74) is 0.790. The van der Waals surface area contributed by atoms with Crippen LogP contribution in [0.25, 0.3) is 0 Å². The van der Waals surface area contributed by atoms with Crippen molar-refractivity contribution in [3.8, 4) is 5.75 Å². The maximum Gasteiger partial charge on any atom is 0.228 e. The molecule has 2 saturated carbocycles. The smallest absolute Gasteiger partial charge is 0.228 e. The van der Waals surface area contributed by atoms with Gasteiger partial charge in [0.15, 0.2) is 0 Å². The number of ether oxygens (including phenoxy) is 1. The molecule has 1 saturated heterocycles. The molecule has 1 aliphatic heterocycles. The van der Waals surface area contributed by atoms with Gasteiger partial charge < -0.3 is 15.4 Å². The van der Waals surface area contributed by atoms with Crippen LogP contribution >= 0.6 is 12.4 Å². The van der Waals surface area contributed by atoms with Crippen LogP contribution in [-0.4, -0.2) is 25.6 Å². The van der Waals surface area contributed by atoms with Gasteiger partial charge in [-0.3, -0.25) is 4.79 Å². The second-order valence-corrected chi connectivity index (χ2v) is 7.25. The van der Waals surface area contributed by atoms with Gasteiger partial charge in [-0.2, -0.15) is 0 Å². The van der Waals surface area contributed by atoms with E-state index in [-0.39, 0.29) is 35.5 Å². The molecule has 1 heterocycles. The van der Waals surface area contributed by atoms with Gasteiger partial charge >= 0.3 is 0 Å². The number of rotatable bonds is 5. The van der Waals surface area contributed by atoms with Crippen LogP contribution in [0, 0.1) is 23.1 Å². The van der Waals surface area contributed by atoms with Gasteiger partial charge in [0.25, 0.3) is 0 Å². The first-order valence-corrected chi connectivity index (χ1v) is 8.60. The highest BCUT2D eigenvalue weighted by Crippen LogP contribution is 2.58. The summed E-state index contributed by atoms with van der Waals surface area (Å²) in [6.07, 6.45) is 5.46. The minimum Gasteiger partial charge on any atom is -0.491 e. The molecule has 0 bridgehead atoms. The molecule has 1 aromatic rings. The Bertz CT molecular complexity index is 615. The van der Waals surface area contributed by atoms with E-state index in [1.807, 2.05) is 0 Å². The van der Waals surface area contributed by atoms with E-state index >= 15 is 0 Å². The Morgan fingerprint density at radius 3 is 2.79 bits per heavy atom. The third-order valence-electron chi connectivity index (χ3n) is 5.48. The molecule has 2 N–H and O–H groups in total. The van der Waals surface area contributed by atoms with Crippen LogP contribution in [0.2, 0.25) is 0 Å². The molecule has 6 heteroatoms. The Morgan fingerprint density at radius 2 is 2.08 bits per heavy atom. The fourth-order valence-corrected chi connectivity index (χ4v) is 3.63. The van der Waals surface area contributed by atoms with Crippen LogP contribution in [-0.2, 0) is 4.79 Å². The van der Waals surface area contributed by atoms with Crippen LogP contribution in [0.15, 0.2) is 18.2 Å². The summed E-state index contributed by atoms with van der Waals surface area (Å²) in [6, 6.07) is 4.34. The van der Waals surface area contributed by atoms with Crippen LogP contribution in [0.3, 0.4) is 0 Å². The minimum absolute atomic E-state index is 0. The van der Waals surface area contributed by atoms with Crippen LogP contribution in [0.4, 0.5) is 10.1 Å². The van der Waals surface area contributed by atoms with Gasteiger partial charge in [0.1, 0.15) is 11.6 Å². The number of carbonyl (C=O) groups is 1. The molecular formula is C18H24ClFN2O2. The van der Waals surface area contributed by atoms with Crippen molar-refractivity contribution in [2.75, 3.05) is 25.0 Å². The molecular weight excluding hydrogens is 331 g/mol. The van der Waals surface area contributed by atoms with Crippen molar-refractivity contribution in [2.45, 2.75) is 32.1 Å². The number of hydrogen-bond acceptors (Lipinski definition) is 3. The third-order valence-corrected chi connectivity index (χ3v) is 5.48. The molecule has 24 heavy (non-hydrogen) atoms. The summed E-state index contributed by atoms with van der Waals surface area (Å²) in [7, 11) is 0. The first-order chi connectivity index (χ1) is 11.2. The van der Waals surface area contributed by atoms with Crippen molar-refractivity contribution in [1.82, 2.24) is 5.32 Å². The maximum atomic E-state index is 13.5. The number of nitrogens with one attached hydrogen (secondary N) is 2. The van der Waals surface area contributed by atoms with Crippen molar-refractivity contribution >= 4 is 24.0 Å². The van der Waals surface area contributed by atoms with Crippen molar-refractivity contribution in [3.63, 3.8) is 0 Å². The molecule has 132 valence electrons. The van der Waals surface area contributed by atoms with Crippen molar-refractivity contribution < 1.29 is 13.9 Å². The fourth-order valence-electron chi connectivity index (χ4n) is 3.63. The molecule has 4 nitrogen and oxygen atoms in total. The van der Waals surface area contributed by atoms with E-state index in [0.717, 1.165) is 32.4 Å². The van der Waals surface area contributed by atoms with Gasteiger partial charge in [-0.25, -0.2) is 4.39 Å². The maximum absolute atomic E-state index is 13.5. The molecule has 1 aromatic carbocycles. The average Bonchev–Trinajstić information content (AvgIpc) is 3.46. The quantitative estimate of drug-likeness (QED) is 0.852. The lowest BCUT2D eigenvalue weighted by atomic mass is 9.92. The third kappa shape index (κ3) is 3.67. The zero-order valence-corrected chi connectivity index (χ0v) is 14.5. The number of carbonyl (C=O) groups excluding carboxylic acids is 1. The Balaban J connectivity index is 0.00000169. The van der Waals surface area contributed by atoms with E-state index in [9.17, 15) is 9.18 Å². The number of benzene rings is 1. The van der Waals surface area contributed by atoms with E-state index in [4.69, 9.17) is 4.74 Å². The summed E-state index contributed by atoms with van der Waals surface area (Å²) < 4.78 is 19.2. The lowest BCUT2D eigenvalue weighted by Gasteiger charge is -2.23. The first kappa shape index (κ1) is 17.5. The summed E-state index contributed by atoms with van der Waals surface area (Å²) in [5.74, 6) is 0.837. The number of hydrogen-bond donors (Lipinski definition) is 2. The largest absolute Gasteiger partial charge is 0.491 e. The van der Waals surface area contributed by atoms with Crippen molar-refractivity contribution in [1.29, 1.82) is 0 Å². The van der Waals surface area contributed by atoms with Gasteiger partial charge in [0, 0.05) is 12.0 Å². The van der Waals surface area contributed by atoms with Crippen LogP contribution in [0.5, 0.6) is 5.75 Å². The lowest BCUT2D eigenvalue weighted by molar-refractivity contribution is -0.118. The molecule has 1 atom stereocenters. The predicted octanol–water partition coefficient (Wildman–Crippen LogP) is 3.36. The molecule has 1 amide bonds. The SMILES string of the molecule is Cl.O=C(Nc1ccc(F)cc1OCC1CC1)C1CC12CCNCC2. The highest BCUT2D eigenvalue weighted by atomic mass is 35.5. The van der Waals surface area contributed by atoms with E-state index in [2.05, 4.69) is 10.6 Å². The fraction of sp³-hybridized carbons (Fsp3) is 0.611. The molecule has 2 aliphatic carbocycles. The minimum atomic E-state index is -0.338. The van der Waals surface area contributed by atoms with Crippen LogP contribution < -0.4 is 15.4 Å². The highest BCUT2D eigenvalue weighted by Gasteiger charge is 2.57. The Hall–Kier alpha value is -1.33. The Labute approximate surface area is 147 Å². The van der Waals surface area contributed by atoms with Gasteiger partial charge in [-0.1, -0.05) is 0 Å². The molecule has 1 spiro atoms. The molecule has 0 aromatic heterocycles. The second kappa shape index (κ2) is 6.89. The highest BCUT2D eigenvalue weighted by molar-refractivity contribution is 5.96. The summed E-state index contributed by atoms with van der Waals surface area (Å²) in [6.45, 7) is 2.59. The standard InChI is InChI=1S/C18H23FN2O2.ClH/c19-13-3-4-15(16(9-13)23-11-12-1-2-12)21-17(22)14-10-18(14)5-7-20-8-6-18;/h3-4,9,12,14,20H,1-2,5-8,10-11H2,(H,21,22);1H. The van der Waals surface area contributed by atoms with E-state index in [0.29, 0.717) is 24.0 Å². The molecule has 3 aliphatic rings. The van der Waals surface area contributed by atoms with E-state index in [1.165, 1.54) is 25.0 Å². The molecule has 3 fully saturated rings. The normalized spacial score (nSPS) is 24.1. The average molecular weight is 355 g/mol. The van der Waals surface area contributed by atoms with Crippen LogP contribution in [0.1, 0.15) is 32.1 Å². The number of anilines is 1. The first-order valence-electron chi connectivity index (χ1n) is 8.60. The number of amides is 1. The van der Waals surface area contributed by atoms with Gasteiger partial charge in [-0.15, -0.1) is 12.4 Å². The topological polar surface area (TPSA) is 50.4 Å². The lowest BCUT2D eigenvalue weighted by Crippen LogP contribution is -2.31. The molecule has 0 radical (unpaired) electrons. The summed E-state index contributed by atoms with van der Waals surface area (Å²) in [4.78, 5) is 12.6. The van der Waals surface area contributed by atoms with Gasteiger partial charge in [0.05, 0.1) is 12.3 Å². The number of halogens is 2. The summed E-state index contributed by atoms with van der Waals surface area (Å²) >= 11 is 0. The zero-order chi connectivity index (χ0) is 15.9. The zero-order valence-electron chi connectivity index (χ0n) is 13.6. The van der Waals surface area contributed by atoms with Gasteiger partial charge in [-0.05, 0) is 68.7 Å². The second-order valence-electron chi connectivity index (χ2n) is 7.25. The molecule has 1 unspecified atom stereocenters. The van der Waals surface area contributed by atoms with Crippen molar-refractivity contribution in [2.24, 2.45) is 17.3 Å². The summed E-state index contributed by atoms with van der Waals surface area (Å²) in [5, 5.41) is 6.31. The van der Waals surface area contributed by atoms with E-state index < -0.39 is 0 Å².